The van der Waals surface area contributed by atoms with Gasteiger partial charge in [-0.3, -0.25) is 9.78 Å². The maximum Gasteiger partial charge on any atom is 0.240 e. The summed E-state index contributed by atoms with van der Waals surface area (Å²) in [6.07, 6.45) is 4.50. The minimum Gasteiger partial charge on any atom is -0.396 e. The molecule has 20 heavy (non-hydrogen) atoms. The van der Waals surface area contributed by atoms with Gasteiger partial charge in [0.15, 0.2) is 0 Å². The van der Waals surface area contributed by atoms with Crippen molar-refractivity contribution < 1.29 is 4.79 Å². The highest BCUT2D eigenvalue weighted by atomic mass is 16.1. The first-order chi connectivity index (χ1) is 9.68. The number of hydrogen-bond acceptors (Lipinski definition) is 4. The molecule has 1 unspecified atom stereocenters. The highest BCUT2D eigenvalue weighted by Gasteiger charge is 2.29. The number of nitrogens with two attached hydrogens (primary N) is 2. The van der Waals surface area contributed by atoms with Gasteiger partial charge in [0.2, 0.25) is 5.91 Å². The van der Waals surface area contributed by atoms with E-state index in [-0.39, 0.29) is 11.9 Å². The average molecular weight is 270 g/mol. The molecule has 2 aromatic rings. The molecule has 0 saturated carbocycles. The number of nitrogens with zero attached hydrogens (tertiary/aromatic N) is 2. The van der Waals surface area contributed by atoms with Crippen LogP contribution in [0.4, 0.5) is 11.4 Å². The van der Waals surface area contributed by atoms with Gasteiger partial charge in [-0.15, -0.1) is 0 Å². The first-order valence-corrected chi connectivity index (χ1v) is 6.87. The molecule has 1 saturated heterocycles. The van der Waals surface area contributed by atoms with Gasteiger partial charge in [0.05, 0.1) is 23.1 Å². The van der Waals surface area contributed by atoms with Gasteiger partial charge in [-0.25, -0.2) is 0 Å². The number of hydrogen-bond donors (Lipinski definition) is 2. The topological polar surface area (TPSA) is 85.2 Å². The van der Waals surface area contributed by atoms with E-state index in [9.17, 15) is 4.79 Å². The number of benzene rings is 1. The Labute approximate surface area is 117 Å². The molecule has 104 valence electrons. The first-order valence-electron chi connectivity index (χ1n) is 6.87. The summed E-state index contributed by atoms with van der Waals surface area (Å²) in [5, 5.41) is 0.973. The zero-order chi connectivity index (χ0) is 14.1. The molecule has 1 atom stereocenters. The molecule has 1 aromatic carbocycles. The quantitative estimate of drug-likeness (QED) is 0.869. The molecule has 4 N–H and O–H groups in total. The maximum absolute atomic E-state index is 11.7. The molecule has 2 heterocycles. The van der Waals surface area contributed by atoms with E-state index in [1.54, 1.807) is 6.20 Å². The Morgan fingerprint density at radius 2 is 2.10 bits per heavy atom. The number of amides is 1. The van der Waals surface area contributed by atoms with Gasteiger partial charge in [0.25, 0.3) is 0 Å². The molecular weight excluding hydrogens is 252 g/mol. The summed E-state index contributed by atoms with van der Waals surface area (Å²) in [6, 6.07) is 7.55. The maximum atomic E-state index is 11.7. The van der Waals surface area contributed by atoms with Crippen LogP contribution >= 0.6 is 0 Å². The lowest BCUT2D eigenvalue weighted by Crippen LogP contribution is -2.48. The van der Waals surface area contributed by atoms with Crippen molar-refractivity contribution in [3.8, 4) is 0 Å². The number of nitrogen functional groups attached to an aromatic ring is 1. The fourth-order valence-electron chi connectivity index (χ4n) is 2.96. The lowest BCUT2D eigenvalue weighted by molar-refractivity contribution is -0.119. The van der Waals surface area contributed by atoms with Crippen molar-refractivity contribution in [1.82, 2.24) is 4.98 Å². The summed E-state index contributed by atoms with van der Waals surface area (Å²) in [4.78, 5) is 18.1. The second kappa shape index (κ2) is 5.00. The minimum absolute atomic E-state index is 0.281. The second-order valence-corrected chi connectivity index (χ2v) is 5.19. The van der Waals surface area contributed by atoms with Crippen LogP contribution in [0.5, 0.6) is 0 Å². The van der Waals surface area contributed by atoms with Crippen LogP contribution in [0.25, 0.3) is 10.9 Å². The van der Waals surface area contributed by atoms with Gasteiger partial charge in [0.1, 0.15) is 6.04 Å². The van der Waals surface area contributed by atoms with E-state index < -0.39 is 0 Å². The highest BCUT2D eigenvalue weighted by molar-refractivity contribution is 5.99. The van der Waals surface area contributed by atoms with Crippen LogP contribution in [0.15, 0.2) is 30.5 Å². The van der Waals surface area contributed by atoms with Crippen LogP contribution in [-0.2, 0) is 4.79 Å². The zero-order valence-corrected chi connectivity index (χ0v) is 11.2. The standard InChI is InChI=1S/C15H18N4O/c16-11-9-18-12-6-2-1-5-10(12)14(11)19-8-4-3-7-13(19)15(17)20/h1-2,5-6,9,13H,3-4,7-8,16H2,(H2,17,20). The second-order valence-electron chi connectivity index (χ2n) is 5.19. The number of carbonyl (C=O) groups excluding carboxylic acids is 1. The number of carbonyl (C=O) groups is 1. The van der Waals surface area contributed by atoms with Crippen molar-refractivity contribution in [2.75, 3.05) is 17.2 Å². The molecular formula is C15H18N4O. The zero-order valence-electron chi connectivity index (χ0n) is 11.2. The van der Waals surface area contributed by atoms with Crippen molar-refractivity contribution >= 4 is 28.2 Å². The van der Waals surface area contributed by atoms with E-state index in [0.29, 0.717) is 5.69 Å². The summed E-state index contributed by atoms with van der Waals surface area (Å²) in [7, 11) is 0. The van der Waals surface area contributed by atoms with Gasteiger partial charge in [0, 0.05) is 11.9 Å². The van der Waals surface area contributed by atoms with Gasteiger partial charge in [-0.05, 0) is 25.3 Å². The van der Waals surface area contributed by atoms with Gasteiger partial charge in [-0.2, -0.15) is 0 Å². The van der Waals surface area contributed by atoms with E-state index >= 15 is 0 Å². The van der Waals surface area contributed by atoms with Crippen LogP contribution in [0.1, 0.15) is 19.3 Å². The third-order valence-corrected chi connectivity index (χ3v) is 3.89. The number of rotatable bonds is 2. The SMILES string of the molecule is NC(=O)C1CCCCN1c1c(N)cnc2ccccc12. The average Bonchev–Trinajstić information content (AvgIpc) is 2.47. The van der Waals surface area contributed by atoms with E-state index in [4.69, 9.17) is 11.5 Å². The third-order valence-electron chi connectivity index (χ3n) is 3.89. The monoisotopic (exact) mass is 270 g/mol. The largest absolute Gasteiger partial charge is 0.396 e. The van der Waals surface area contributed by atoms with Gasteiger partial charge >= 0.3 is 0 Å². The number of primary amides is 1. The van der Waals surface area contributed by atoms with Gasteiger partial charge < -0.3 is 16.4 Å². The molecule has 1 amide bonds. The smallest absolute Gasteiger partial charge is 0.240 e. The fourth-order valence-corrected chi connectivity index (χ4v) is 2.96. The number of piperidine rings is 1. The van der Waals surface area contributed by atoms with Crippen LogP contribution in [0, 0.1) is 0 Å². The van der Waals surface area contributed by atoms with Crippen molar-refractivity contribution in [3.63, 3.8) is 0 Å². The molecule has 1 aliphatic rings. The van der Waals surface area contributed by atoms with Crippen LogP contribution < -0.4 is 16.4 Å². The molecule has 0 radical (unpaired) electrons. The molecule has 1 aliphatic heterocycles. The Morgan fingerprint density at radius 1 is 1.30 bits per heavy atom. The summed E-state index contributed by atoms with van der Waals surface area (Å²) in [5.41, 5.74) is 14.0. The first kappa shape index (κ1) is 12.7. The van der Waals surface area contributed by atoms with Crippen LogP contribution in [-0.4, -0.2) is 23.5 Å². The molecule has 5 heteroatoms. The predicted molar refractivity (Wildman–Crippen MR) is 80.3 cm³/mol. The Bertz CT molecular complexity index is 655. The Balaban J connectivity index is 2.16. The number of para-hydroxylation sites is 1. The third kappa shape index (κ3) is 2.05. The van der Waals surface area contributed by atoms with Crippen LogP contribution in [0.2, 0.25) is 0 Å². The minimum atomic E-state index is -0.287. The normalized spacial score (nSPS) is 19.2. The molecule has 5 nitrogen and oxygen atoms in total. The van der Waals surface area contributed by atoms with E-state index in [2.05, 4.69) is 4.98 Å². The number of anilines is 2. The lowest BCUT2D eigenvalue weighted by Gasteiger charge is -2.36. The number of fused-ring (bicyclic) bond motifs is 1. The Kier molecular flexibility index (Phi) is 3.18. The fraction of sp³-hybridized carbons (Fsp3) is 0.333. The van der Waals surface area contributed by atoms with Crippen molar-refractivity contribution in [2.45, 2.75) is 25.3 Å². The summed E-state index contributed by atoms with van der Waals surface area (Å²) < 4.78 is 0. The van der Waals surface area contributed by atoms with E-state index in [1.807, 2.05) is 29.2 Å². The summed E-state index contributed by atoms with van der Waals surface area (Å²) in [6.45, 7) is 0.797. The molecule has 3 rings (SSSR count). The van der Waals surface area contributed by atoms with E-state index in [0.717, 1.165) is 42.4 Å². The number of aromatic nitrogens is 1. The highest BCUT2D eigenvalue weighted by Crippen LogP contribution is 2.35. The lowest BCUT2D eigenvalue weighted by atomic mass is 9.99. The van der Waals surface area contributed by atoms with E-state index in [1.165, 1.54) is 0 Å². The number of pyridine rings is 1. The Hall–Kier alpha value is -2.30. The van der Waals surface area contributed by atoms with Crippen LogP contribution in [0.3, 0.4) is 0 Å². The molecule has 0 aliphatic carbocycles. The van der Waals surface area contributed by atoms with Crippen molar-refractivity contribution in [2.24, 2.45) is 5.73 Å². The Morgan fingerprint density at radius 3 is 2.90 bits per heavy atom. The van der Waals surface area contributed by atoms with Crippen molar-refractivity contribution in [1.29, 1.82) is 0 Å². The predicted octanol–water partition coefficient (Wildman–Crippen LogP) is 1.66. The molecule has 0 spiro atoms. The summed E-state index contributed by atoms with van der Waals surface area (Å²) in [5.74, 6) is -0.287. The molecule has 0 bridgehead atoms. The molecule has 1 aromatic heterocycles. The van der Waals surface area contributed by atoms with Gasteiger partial charge in [-0.1, -0.05) is 18.2 Å². The summed E-state index contributed by atoms with van der Waals surface area (Å²) >= 11 is 0. The van der Waals surface area contributed by atoms with Crippen molar-refractivity contribution in [3.05, 3.63) is 30.5 Å². The molecule has 1 fully saturated rings.